The van der Waals surface area contributed by atoms with Crippen LogP contribution in [-0.4, -0.2) is 22.8 Å². The average Bonchev–Trinajstić information content (AvgIpc) is 2.86. The van der Waals surface area contributed by atoms with Crippen molar-refractivity contribution in [3.63, 3.8) is 0 Å². The number of anilines is 1. The summed E-state index contributed by atoms with van der Waals surface area (Å²) in [6.07, 6.45) is -0.744. The predicted molar refractivity (Wildman–Crippen MR) is 112 cm³/mol. The third kappa shape index (κ3) is 4.40. The van der Waals surface area contributed by atoms with Crippen LogP contribution in [0, 0.1) is 11.6 Å². The smallest absolute Gasteiger partial charge is 0.263 e. The van der Waals surface area contributed by atoms with E-state index in [4.69, 9.17) is 4.74 Å². The zero-order valence-corrected chi connectivity index (χ0v) is 16.8. The summed E-state index contributed by atoms with van der Waals surface area (Å²) in [5.74, 6) is -1.36. The number of hydrogen-bond acceptors (Lipinski definition) is 3. The van der Waals surface area contributed by atoms with Crippen molar-refractivity contribution in [1.29, 1.82) is 0 Å². The summed E-state index contributed by atoms with van der Waals surface area (Å²) in [5, 5.41) is 2.67. The lowest BCUT2D eigenvalue weighted by Gasteiger charge is -2.22. The Labute approximate surface area is 178 Å². The van der Waals surface area contributed by atoms with Crippen molar-refractivity contribution in [2.45, 2.75) is 26.1 Å². The number of fused-ring (bicyclic) bond motifs is 1. The van der Waals surface area contributed by atoms with Crippen molar-refractivity contribution in [3.8, 4) is 5.75 Å². The Balaban J connectivity index is 1.59. The Hall–Kier alpha value is -3.74. The van der Waals surface area contributed by atoms with Gasteiger partial charge >= 0.3 is 0 Å². The number of carbonyl (C=O) groups is 2. The van der Waals surface area contributed by atoms with Crippen LogP contribution >= 0.6 is 0 Å². The van der Waals surface area contributed by atoms with Gasteiger partial charge in [0.05, 0.1) is 5.56 Å². The summed E-state index contributed by atoms with van der Waals surface area (Å²) >= 11 is 0. The molecule has 1 heterocycles. The van der Waals surface area contributed by atoms with E-state index in [0.29, 0.717) is 22.6 Å². The first-order valence-corrected chi connectivity index (χ1v) is 9.80. The number of carbonyl (C=O) groups excluding carboxylic acids is 2. The number of halogens is 2. The molecule has 0 fully saturated rings. The Morgan fingerprint density at radius 1 is 1.06 bits per heavy atom. The molecule has 3 aromatic carbocycles. The molecule has 158 valence electrons. The van der Waals surface area contributed by atoms with Gasteiger partial charge in [-0.05, 0) is 43.3 Å². The maximum Gasteiger partial charge on any atom is 0.263 e. The fourth-order valence-corrected chi connectivity index (χ4v) is 3.49. The second-order valence-electron chi connectivity index (χ2n) is 7.30. The van der Waals surface area contributed by atoms with E-state index < -0.39 is 17.8 Å². The first kappa shape index (κ1) is 20.5. The largest absolute Gasteiger partial charge is 0.481 e. The van der Waals surface area contributed by atoms with E-state index in [0.717, 1.165) is 0 Å². The van der Waals surface area contributed by atoms with Crippen LogP contribution in [0.2, 0.25) is 0 Å². The lowest BCUT2D eigenvalue weighted by Crippen LogP contribution is -2.37. The minimum Gasteiger partial charge on any atom is -0.481 e. The van der Waals surface area contributed by atoms with Gasteiger partial charge in [-0.2, -0.15) is 0 Å². The third-order valence-corrected chi connectivity index (χ3v) is 5.08. The minimum atomic E-state index is -0.744. The molecule has 1 aliphatic heterocycles. The van der Waals surface area contributed by atoms with Crippen LogP contribution in [0.5, 0.6) is 5.75 Å². The molecule has 0 aromatic heterocycles. The van der Waals surface area contributed by atoms with Crippen LogP contribution in [0.3, 0.4) is 0 Å². The zero-order valence-electron chi connectivity index (χ0n) is 16.8. The molecule has 0 aliphatic carbocycles. The van der Waals surface area contributed by atoms with Crippen LogP contribution in [-0.2, 0) is 17.9 Å². The maximum atomic E-state index is 14.1. The van der Waals surface area contributed by atoms with Gasteiger partial charge in [0, 0.05) is 29.9 Å². The van der Waals surface area contributed by atoms with E-state index in [1.807, 2.05) is 0 Å². The fourth-order valence-electron chi connectivity index (χ4n) is 3.49. The van der Waals surface area contributed by atoms with E-state index in [2.05, 4.69) is 5.32 Å². The summed E-state index contributed by atoms with van der Waals surface area (Å²) < 4.78 is 33.8. The molecule has 3 aromatic rings. The maximum absolute atomic E-state index is 14.1. The van der Waals surface area contributed by atoms with Gasteiger partial charge in [-0.3, -0.25) is 9.59 Å². The molecule has 31 heavy (non-hydrogen) atoms. The SMILES string of the molecule is C[C@H]1Oc2ccc(NC(=O)c3ccccc3F)cc2CN(Cc2ccccc2F)C1=O. The Bertz CT molecular complexity index is 1150. The topological polar surface area (TPSA) is 58.6 Å². The molecule has 7 heteroatoms. The van der Waals surface area contributed by atoms with Gasteiger partial charge in [-0.25, -0.2) is 8.78 Å². The summed E-state index contributed by atoms with van der Waals surface area (Å²) in [4.78, 5) is 26.7. The molecule has 0 radical (unpaired) electrons. The van der Waals surface area contributed by atoms with E-state index in [1.165, 1.54) is 29.2 Å². The van der Waals surface area contributed by atoms with E-state index in [1.54, 1.807) is 49.4 Å². The normalized spacial score (nSPS) is 15.6. The fraction of sp³-hybridized carbons (Fsp3) is 0.167. The Morgan fingerprint density at radius 2 is 1.77 bits per heavy atom. The Morgan fingerprint density at radius 3 is 2.52 bits per heavy atom. The number of nitrogens with zero attached hydrogens (tertiary/aromatic N) is 1. The molecule has 0 spiro atoms. The summed E-state index contributed by atoms with van der Waals surface area (Å²) in [6.45, 7) is 1.90. The number of ether oxygens (including phenoxy) is 1. The highest BCUT2D eigenvalue weighted by atomic mass is 19.1. The lowest BCUT2D eigenvalue weighted by molar-refractivity contribution is -0.138. The molecular weight excluding hydrogens is 402 g/mol. The molecule has 0 unspecified atom stereocenters. The summed E-state index contributed by atoms with van der Waals surface area (Å²) in [5.41, 5.74) is 1.41. The van der Waals surface area contributed by atoms with Gasteiger partial charge in [0.1, 0.15) is 17.4 Å². The number of amides is 2. The van der Waals surface area contributed by atoms with Gasteiger partial charge in [0.2, 0.25) is 0 Å². The van der Waals surface area contributed by atoms with Gasteiger partial charge in [-0.1, -0.05) is 30.3 Å². The van der Waals surface area contributed by atoms with Gasteiger partial charge in [0.25, 0.3) is 11.8 Å². The highest BCUT2D eigenvalue weighted by Gasteiger charge is 2.28. The van der Waals surface area contributed by atoms with Crippen LogP contribution in [0.4, 0.5) is 14.5 Å². The summed E-state index contributed by atoms with van der Waals surface area (Å²) in [6, 6.07) is 16.9. The van der Waals surface area contributed by atoms with Gasteiger partial charge in [-0.15, -0.1) is 0 Å². The second-order valence-corrected chi connectivity index (χ2v) is 7.30. The van der Waals surface area contributed by atoms with Crippen molar-refractivity contribution < 1.29 is 23.1 Å². The molecule has 0 bridgehead atoms. The first-order valence-electron chi connectivity index (χ1n) is 9.80. The van der Waals surface area contributed by atoms with Crippen molar-refractivity contribution in [1.82, 2.24) is 4.90 Å². The van der Waals surface area contributed by atoms with E-state index in [9.17, 15) is 18.4 Å². The molecule has 5 nitrogen and oxygen atoms in total. The van der Waals surface area contributed by atoms with Gasteiger partial charge < -0.3 is 15.0 Å². The number of hydrogen-bond donors (Lipinski definition) is 1. The number of nitrogens with one attached hydrogen (secondary N) is 1. The molecule has 1 N–H and O–H groups in total. The van der Waals surface area contributed by atoms with Crippen LogP contribution in [0.15, 0.2) is 66.7 Å². The summed E-state index contributed by atoms with van der Waals surface area (Å²) in [7, 11) is 0. The Kier molecular flexibility index (Phi) is 5.66. The first-order chi connectivity index (χ1) is 14.9. The molecule has 0 saturated carbocycles. The molecule has 1 atom stereocenters. The highest BCUT2D eigenvalue weighted by Crippen LogP contribution is 2.30. The predicted octanol–water partition coefficient (Wildman–Crippen LogP) is 4.53. The average molecular weight is 422 g/mol. The number of benzene rings is 3. The van der Waals surface area contributed by atoms with Crippen LogP contribution in [0.1, 0.15) is 28.4 Å². The zero-order chi connectivity index (χ0) is 22.0. The van der Waals surface area contributed by atoms with Gasteiger partial charge in [0.15, 0.2) is 6.10 Å². The second kappa shape index (κ2) is 8.55. The highest BCUT2D eigenvalue weighted by molar-refractivity contribution is 6.04. The standard InChI is InChI=1S/C24H20F2N2O3/c1-15-24(30)28(13-16-6-2-4-8-20(16)25)14-17-12-18(10-11-22(17)31-15)27-23(29)19-7-3-5-9-21(19)26/h2-12,15H,13-14H2,1H3,(H,27,29)/t15-/m1/s1. The van der Waals surface area contributed by atoms with Crippen molar-refractivity contribution in [3.05, 3.63) is 95.1 Å². The minimum absolute atomic E-state index is 0.0707. The third-order valence-electron chi connectivity index (χ3n) is 5.08. The number of rotatable bonds is 4. The monoisotopic (exact) mass is 422 g/mol. The molecule has 4 rings (SSSR count). The lowest BCUT2D eigenvalue weighted by atomic mass is 10.1. The van der Waals surface area contributed by atoms with E-state index in [-0.39, 0.29) is 30.4 Å². The van der Waals surface area contributed by atoms with Crippen molar-refractivity contribution >= 4 is 17.5 Å². The molecule has 0 saturated heterocycles. The van der Waals surface area contributed by atoms with Crippen LogP contribution < -0.4 is 10.1 Å². The molecule has 2 amide bonds. The van der Waals surface area contributed by atoms with Crippen molar-refractivity contribution in [2.75, 3.05) is 5.32 Å². The molecular formula is C24H20F2N2O3. The quantitative estimate of drug-likeness (QED) is 0.672. The van der Waals surface area contributed by atoms with Crippen LogP contribution in [0.25, 0.3) is 0 Å². The molecule has 1 aliphatic rings. The van der Waals surface area contributed by atoms with Crippen molar-refractivity contribution in [2.24, 2.45) is 0 Å². The van der Waals surface area contributed by atoms with E-state index >= 15 is 0 Å².